The van der Waals surface area contributed by atoms with Crippen LogP contribution in [0.1, 0.15) is 5.56 Å². The second kappa shape index (κ2) is 4.07. The van der Waals surface area contributed by atoms with Gasteiger partial charge in [0.05, 0.1) is 10.2 Å². The Morgan fingerprint density at radius 3 is 3.00 bits per heavy atom. The minimum absolute atomic E-state index is 0.0614. The Hall–Kier alpha value is -1.66. The fourth-order valence-electron chi connectivity index (χ4n) is 1.46. The molecule has 0 amide bonds. The van der Waals surface area contributed by atoms with E-state index in [-0.39, 0.29) is 12.2 Å². The maximum atomic E-state index is 10.6. The number of fused-ring (bicyclic) bond motifs is 1. The molecule has 0 aliphatic rings. The van der Waals surface area contributed by atoms with Gasteiger partial charge >= 0.3 is 5.97 Å². The number of phenols is 1. The van der Waals surface area contributed by atoms with Crippen molar-refractivity contribution in [1.82, 2.24) is 4.98 Å². The number of carboxylic acid groups (broad SMARTS) is 1. The Labute approximate surface area is 95.2 Å². The van der Waals surface area contributed by atoms with Crippen LogP contribution >= 0.6 is 11.3 Å². The van der Waals surface area contributed by atoms with Crippen LogP contribution in [0.4, 0.5) is 0 Å². The monoisotopic (exact) mass is 238 g/mol. The van der Waals surface area contributed by atoms with Crippen LogP contribution < -0.4 is 5.73 Å². The number of aromatic nitrogens is 1. The first-order valence-corrected chi connectivity index (χ1v) is 5.49. The second-order valence-electron chi connectivity index (χ2n) is 3.46. The fraction of sp³-hybridized carbons (Fsp3) is 0.200. The highest BCUT2D eigenvalue weighted by Crippen LogP contribution is 2.28. The summed E-state index contributed by atoms with van der Waals surface area (Å²) in [6.45, 7) is 0. The fourth-order valence-corrected chi connectivity index (χ4v) is 2.22. The van der Waals surface area contributed by atoms with Gasteiger partial charge in [0, 0.05) is 0 Å². The zero-order chi connectivity index (χ0) is 11.7. The van der Waals surface area contributed by atoms with Crippen LogP contribution in [0.2, 0.25) is 0 Å². The lowest BCUT2D eigenvalue weighted by Crippen LogP contribution is -2.32. The number of carboxylic acids is 1. The Morgan fingerprint density at radius 2 is 2.31 bits per heavy atom. The van der Waals surface area contributed by atoms with Gasteiger partial charge in [0.1, 0.15) is 17.3 Å². The summed E-state index contributed by atoms with van der Waals surface area (Å²) in [5.74, 6) is -0.991. The molecule has 0 radical (unpaired) electrons. The normalized spacial score (nSPS) is 12.8. The van der Waals surface area contributed by atoms with E-state index >= 15 is 0 Å². The van der Waals surface area contributed by atoms with Crippen molar-refractivity contribution in [2.45, 2.75) is 12.5 Å². The highest BCUT2D eigenvalue weighted by Gasteiger charge is 2.14. The quantitative estimate of drug-likeness (QED) is 0.740. The molecule has 1 aromatic heterocycles. The summed E-state index contributed by atoms with van der Waals surface area (Å²) in [4.78, 5) is 14.6. The zero-order valence-corrected chi connectivity index (χ0v) is 9.07. The summed E-state index contributed by atoms with van der Waals surface area (Å²) in [6, 6.07) is 2.35. The largest absolute Gasteiger partial charge is 0.506 e. The SMILES string of the molecule is NC(Cc1cc(O)c2ncsc2c1)C(=O)O. The van der Waals surface area contributed by atoms with E-state index in [1.807, 2.05) is 0 Å². The topological polar surface area (TPSA) is 96.4 Å². The number of nitrogens with two attached hydrogens (primary N) is 1. The molecule has 2 rings (SSSR count). The lowest BCUT2D eigenvalue weighted by molar-refractivity contribution is -0.138. The molecule has 0 fully saturated rings. The Morgan fingerprint density at radius 1 is 1.56 bits per heavy atom. The number of carbonyl (C=O) groups is 1. The third-order valence-electron chi connectivity index (χ3n) is 2.25. The van der Waals surface area contributed by atoms with Crippen LogP contribution in [0.15, 0.2) is 17.6 Å². The molecule has 1 unspecified atom stereocenters. The summed E-state index contributed by atoms with van der Waals surface area (Å²) in [5.41, 5.74) is 8.29. The number of thiazole rings is 1. The molecule has 1 aromatic carbocycles. The van der Waals surface area contributed by atoms with Crippen molar-refractivity contribution in [3.63, 3.8) is 0 Å². The van der Waals surface area contributed by atoms with Crippen molar-refractivity contribution >= 4 is 27.5 Å². The molecular formula is C10H10N2O3S. The zero-order valence-electron chi connectivity index (χ0n) is 8.25. The molecule has 1 heterocycles. The van der Waals surface area contributed by atoms with Gasteiger partial charge in [0.25, 0.3) is 0 Å². The van der Waals surface area contributed by atoms with Gasteiger partial charge in [0.15, 0.2) is 0 Å². The van der Waals surface area contributed by atoms with Gasteiger partial charge < -0.3 is 15.9 Å². The Bertz CT molecular complexity index is 538. The third-order valence-corrected chi connectivity index (χ3v) is 3.02. The number of aliphatic carboxylic acids is 1. The predicted octanol–water partition coefficient (Wildman–Crippen LogP) is 0.956. The van der Waals surface area contributed by atoms with Gasteiger partial charge in [0.2, 0.25) is 0 Å². The molecule has 0 aliphatic heterocycles. The average Bonchev–Trinajstić information content (AvgIpc) is 2.65. The van der Waals surface area contributed by atoms with Crippen molar-refractivity contribution in [3.8, 4) is 5.75 Å². The molecule has 16 heavy (non-hydrogen) atoms. The van der Waals surface area contributed by atoms with Gasteiger partial charge in [-0.3, -0.25) is 4.79 Å². The lowest BCUT2D eigenvalue weighted by Gasteiger charge is -2.06. The molecule has 84 valence electrons. The minimum atomic E-state index is -1.05. The van der Waals surface area contributed by atoms with Crippen LogP contribution in [0, 0.1) is 0 Å². The number of rotatable bonds is 3. The molecular weight excluding hydrogens is 228 g/mol. The number of benzene rings is 1. The van der Waals surface area contributed by atoms with Crippen molar-refractivity contribution in [2.75, 3.05) is 0 Å². The smallest absolute Gasteiger partial charge is 0.320 e. The summed E-state index contributed by atoms with van der Waals surface area (Å²) in [6.07, 6.45) is 0.191. The van der Waals surface area contributed by atoms with Gasteiger partial charge in [-0.2, -0.15) is 0 Å². The molecule has 1 atom stereocenters. The van der Waals surface area contributed by atoms with E-state index in [2.05, 4.69) is 4.98 Å². The minimum Gasteiger partial charge on any atom is -0.506 e. The Kier molecular flexibility index (Phi) is 2.76. The van der Waals surface area contributed by atoms with Crippen molar-refractivity contribution in [1.29, 1.82) is 0 Å². The summed E-state index contributed by atoms with van der Waals surface area (Å²) >= 11 is 1.39. The Balaban J connectivity index is 2.35. The molecule has 0 spiro atoms. The standard InChI is InChI=1S/C10H10N2O3S/c11-6(10(14)15)1-5-2-7(13)9-8(3-5)16-4-12-9/h2-4,6,13H,1,11H2,(H,14,15). The molecule has 4 N–H and O–H groups in total. The molecule has 6 heteroatoms. The summed E-state index contributed by atoms with van der Waals surface area (Å²) < 4.78 is 0.826. The van der Waals surface area contributed by atoms with Crippen LogP contribution in [0.25, 0.3) is 10.2 Å². The summed E-state index contributed by atoms with van der Waals surface area (Å²) in [5, 5.41) is 18.3. The highest BCUT2D eigenvalue weighted by atomic mass is 32.1. The second-order valence-corrected chi connectivity index (χ2v) is 4.35. The van der Waals surface area contributed by atoms with Crippen molar-refractivity contribution < 1.29 is 15.0 Å². The number of nitrogens with zero attached hydrogens (tertiary/aromatic N) is 1. The number of hydrogen-bond donors (Lipinski definition) is 3. The molecule has 0 bridgehead atoms. The molecule has 5 nitrogen and oxygen atoms in total. The first-order chi connectivity index (χ1) is 7.58. The van der Waals surface area contributed by atoms with E-state index in [9.17, 15) is 9.90 Å². The van der Waals surface area contributed by atoms with E-state index in [1.54, 1.807) is 11.6 Å². The van der Waals surface area contributed by atoms with Gasteiger partial charge in [-0.15, -0.1) is 11.3 Å². The van der Waals surface area contributed by atoms with E-state index in [4.69, 9.17) is 10.8 Å². The van der Waals surface area contributed by atoms with Crippen LogP contribution in [0.3, 0.4) is 0 Å². The summed E-state index contributed by atoms with van der Waals surface area (Å²) in [7, 11) is 0. The maximum Gasteiger partial charge on any atom is 0.320 e. The van der Waals surface area contributed by atoms with Gasteiger partial charge in [-0.1, -0.05) is 0 Å². The van der Waals surface area contributed by atoms with Crippen molar-refractivity contribution in [2.24, 2.45) is 5.73 Å². The lowest BCUT2D eigenvalue weighted by atomic mass is 10.1. The van der Waals surface area contributed by atoms with E-state index in [0.717, 1.165) is 4.70 Å². The first kappa shape index (κ1) is 10.8. The van der Waals surface area contributed by atoms with Crippen LogP contribution in [-0.2, 0) is 11.2 Å². The molecule has 0 saturated heterocycles. The van der Waals surface area contributed by atoms with Gasteiger partial charge in [-0.25, -0.2) is 4.98 Å². The van der Waals surface area contributed by atoms with Crippen LogP contribution in [-0.4, -0.2) is 27.2 Å². The van der Waals surface area contributed by atoms with E-state index in [0.29, 0.717) is 11.1 Å². The van der Waals surface area contributed by atoms with E-state index in [1.165, 1.54) is 17.4 Å². The van der Waals surface area contributed by atoms with Gasteiger partial charge in [-0.05, 0) is 24.1 Å². The predicted molar refractivity (Wildman–Crippen MR) is 60.6 cm³/mol. The third kappa shape index (κ3) is 1.98. The van der Waals surface area contributed by atoms with Crippen LogP contribution in [0.5, 0.6) is 5.75 Å². The van der Waals surface area contributed by atoms with E-state index < -0.39 is 12.0 Å². The maximum absolute atomic E-state index is 10.6. The van der Waals surface area contributed by atoms with Crippen molar-refractivity contribution in [3.05, 3.63) is 23.2 Å². The average molecular weight is 238 g/mol. The number of aromatic hydroxyl groups is 1. The number of hydrogen-bond acceptors (Lipinski definition) is 5. The molecule has 2 aromatic rings. The number of phenolic OH excluding ortho intramolecular Hbond substituents is 1. The molecule has 0 saturated carbocycles. The highest BCUT2D eigenvalue weighted by molar-refractivity contribution is 7.16. The molecule has 0 aliphatic carbocycles. The first-order valence-electron chi connectivity index (χ1n) is 4.61.